The van der Waals surface area contributed by atoms with E-state index in [9.17, 15) is 9.59 Å². The lowest BCUT2D eigenvalue weighted by molar-refractivity contribution is -0.115. The van der Waals surface area contributed by atoms with Crippen molar-refractivity contribution in [3.8, 4) is 17.0 Å². The number of benzene rings is 2. The van der Waals surface area contributed by atoms with Crippen molar-refractivity contribution in [2.75, 3.05) is 31.3 Å². The van der Waals surface area contributed by atoms with Crippen LogP contribution < -0.4 is 20.7 Å². The van der Waals surface area contributed by atoms with E-state index in [-0.39, 0.29) is 31.2 Å². The Morgan fingerprint density at radius 3 is 2.76 bits per heavy atom. The van der Waals surface area contributed by atoms with E-state index in [0.717, 1.165) is 28.1 Å². The highest BCUT2D eigenvalue weighted by molar-refractivity contribution is 7.59. The molecule has 9 heteroatoms. The van der Waals surface area contributed by atoms with E-state index in [2.05, 4.69) is 32.8 Å². The van der Waals surface area contributed by atoms with Crippen molar-refractivity contribution in [2.24, 2.45) is 0 Å². The number of rotatable bonds is 7. The van der Waals surface area contributed by atoms with Gasteiger partial charge in [0.05, 0.1) is 19.2 Å². The quantitative estimate of drug-likeness (QED) is 0.494. The molecule has 0 spiro atoms. The highest BCUT2D eigenvalue weighted by Crippen LogP contribution is 2.30. The van der Waals surface area contributed by atoms with Gasteiger partial charge >= 0.3 is 0 Å². The van der Waals surface area contributed by atoms with Crippen molar-refractivity contribution in [3.05, 3.63) is 65.5 Å². The number of carbonyl (C=O) groups is 2. The Labute approximate surface area is 199 Å². The summed E-state index contributed by atoms with van der Waals surface area (Å²) in [4.78, 5) is 32.2. The summed E-state index contributed by atoms with van der Waals surface area (Å²) in [6.45, 7) is 2.70. The summed E-state index contributed by atoms with van der Waals surface area (Å²) >= 11 is 0. The number of nitrogens with one attached hydrogen (secondary N) is 3. The number of ether oxygens (including phenoxy) is 1. The lowest BCUT2D eigenvalue weighted by atomic mass is 9.98. The summed E-state index contributed by atoms with van der Waals surface area (Å²) in [7, 11) is 3.20. The van der Waals surface area contributed by atoms with Gasteiger partial charge in [0.15, 0.2) is 0 Å². The predicted octanol–water partition coefficient (Wildman–Crippen LogP) is 3.33. The van der Waals surface area contributed by atoms with Crippen molar-refractivity contribution in [2.45, 2.75) is 19.3 Å². The number of anilines is 2. The fourth-order valence-corrected chi connectivity index (χ4v) is 3.77. The van der Waals surface area contributed by atoms with Crippen molar-refractivity contribution in [1.29, 1.82) is 0 Å². The molecular formula is C24H27N5O3S. The first kappa shape index (κ1) is 24.1. The number of methoxy groups -OCH3 is 1. The number of amides is 2. The minimum Gasteiger partial charge on any atom is -0.496 e. The van der Waals surface area contributed by atoms with Crippen LogP contribution in [0.5, 0.6) is 5.75 Å². The summed E-state index contributed by atoms with van der Waals surface area (Å²) in [5.74, 6) is 1.34. The average molecular weight is 466 g/mol. The molecule has 172 valence electrons. The van der Waals surface area contributed by atoms with Gasteiger partial charge in [0.1, 0.15) is 17.9 Å². The van der Waals surface area contributed by atoms with Gasteiger partial charge in [0.2, 0.25) is 5.91 Å². The first-order valence-corrected chi connectivity index (χ1v) is 10.4. The molecule has 0 saturated carbocycles. The zero-order valence-electron chi connectivity index (χ0n) is 18.7. The summed E-state index contributed by atoms with van der Waals surface area (Å²) in [6.07, 6.45) is 1.91. The summed E-state index contributed by atoms with van der Waals surface area (Å²) < 4.78 is 5.51. The second-order valence-electron chi connectivity index (χ2n) is 7.70. The normalized spacial score (nSPS) is 12.8. The van der Waals surface area contributed by atoms with Gasteiger partial charge in [-0.3, -0.25) is 9.59 Å². The Hall–Kier alpha value is -3.59. The maximum atomic E-state index is 11.9. The Balaban J connectivity index is 0.00000306. The number of carbonyl (C=O) groups excluding carboxylic acids is 2. The summed E-state index contributed by atoms with van der Waals surface area (Å²) in [6, 6.07) is 13.2. The fraction of sp³-hybridized carbons (Fsp3) is 0.250. The zero-order valence-corrected chi connectivity index (χ0v) is 19.7. The Kier molecular flexibility index (Phi) is 7.55. The minimum absolute atomic E-state index is 0. The number of aromatic nitrogens is 2. The van der Waals surface area contributed by atoms with E-state index in [4.69, 9.17) is 4.74 Å². The third kappa shape index (κ3) is 5.25. The minimum atomic E-state index is -0.152. The van der Waals surface area contributed by atoms with E-state index in [1.807, 2.05) is 30.3 Å². The Morgan fingerprint density at radius 1 is 1.18 bits per heavy atom. The van der Waals surface area contributed by atoms with Gasteiger partial charge in [-0.05, 0) is 35.4 Å². The first-order valence-electron chi connectivity index (χ1n) is 10.4. The number of fused-ring (bicyclic) bond motifs is 1. The smallest absolute Gasteiger partial charge is 0.251 e. The zero-order chi connectivity index (χ0) is 22.7. The molecule has 1 aliphatic heterocycles. The third-order valence-corrected chi connectivity index (χ3v) is 5.54. The number of hydrogen-bond acceptors (Lipinski definition) is 6. The molecule has 0 aliphatic carbocycles. The highest BCUT2D eigenvalue weighted by Gasteiger charge is 2.18. The van der Waals surface area contributed by atoms with Gasteiger partial charge in [-0.25, -0.2) is 9.97 Å². The van der Waals surface area contributed by atoms with Gasteiger partial charge in [-0.2, -0.15) is 13.5 Å². The van der Waals surface area contributed by atoms with Gasteiger partial charge in [0, 0.05) is 42.4 Å². The molecule has 0 saturated heterocycles. The van der Waals surface area contributed by atoms with Gasteiger partial charge in [-0.1, -0.05) is 19.1 Å². The van der Waals surface area contributed by atoms with E-state index < -0.39 is 0 Å². The molecular weight excluding hydrogens is 438 g/mol. The van der Waals surface area contributed by atoms with Crippen molar-refractivity contribution < 1.29 is 14.3 Å². The van der Waals surface area contributed by atoms with Crippen molar-refractivity contribution in [3.63, 3.8) is 0 Å². The second kappa shape index (κ2) is 10.4. The van der Waals surface area contributed by atoms with E-state index in [1.165, 1.54) is 6.33 Å². The number of hydrogen-bond donors (Lipinski definition) is 3. The highest BCUT2D eigenvalue weighted by atomic mass is 32.1. The molecule has 2 amide bonds. The molecule has 3 N–H and O–H groups in total. The second-order valence-corrected chi connectivity index (χ2v) is 7.70. The Morgan fingerprint density at radius 2 is 2.00 bits per heavy atom. The molecule has 3 aromatic rings. The van der Waals surface area contributed by atoms with Crippen LogP contribution in [0, 0.1) is 0 Å². The molecule has 1 aromatic heterocycles. The van der Waals surface area contributed by atoms with Crippen LogP contribution in [-0.2, 0) is 11.2 Å². The van der Waals surface area contributed by atoms with Gasteiger partial charge < -0.3 is 20.7 Å². The third-order valence-electron chi connectivity index (χ3n) is 5.54. The SMILES string of the molecule is CNC(=O)c1ccc([C@H](C)CNc2cc(-c3ccc4c(c3)CC(=O)N4)ncn2)c(OC)c1.S. The van der Waals surface area contributed by atoms with Crippen molar-refractivity contribution >= 4 is 36.8 Å². The summed E-state index contributed by atoms with van der Waals surface area (Å²) in [5, 5.41) is 8.82. The maximum absolute atomic E-state index is 11.9. The van der Waals surface area contributed by atoms with Gasteiger partial charge in [-0.15, -0.1) is 0 Å². The molecule has 1 aliphatic rings. The standard InChI is InChI=1S/C24H25N5O3.H2S/c1-14(18-6-4-16(24(31)25-2)9-21(18)32-3)12-26-22-11-20(27-13-28-22)15-5-7-19-17(8-15)10-23(30)29-19;/h4-9,11,13-14H,10,12H2,1-3H3,(H,25,31)(H,29,30)(H,26,27,28);1H2/t14-;/m1./s1. The molecule has 1 atom stereocenters. The molecule has 2 aromatic carbocycles. The monoisotopic (exact) mass is 465 g/mol. The van der Waals surface area contributed by atoms with Crippen LogP contribution in [0.2, 0.25) is 0 Å². The summed E-state index contributed by atoms with van der Waals surface area (Å²) in [5.41, 5.74) is 5.10. The van der Waals surface area contributed by atoms with E-state index in [0.29, 0.717) is 30.1 Å². The van der Waals surface area contributed by atoms with Crippen LogP contribution in [0.25, 0.3) is 11.3 Å². The van der Waals surface area contributed by atoms with E-state index in [1.54, 1.807) is 26.3 Å². The van der Waals surface area contributed by atoms with Crippen LogP contribution in [-0.4, -0.2) is 42.5 Å². The lowest BCUT2D eigenvalue weighted by Crippen LogP contribution is -2.18. The first-order chi connectivity index (χ1) is 15.5. The van der Waals surface area contributed by atoms with Crippen LogP contribution in [0.3, 0.4) is 0 Å². The fourth-order valence-electron chi connectivity index (χ4n) is 3.77. The van der Waals surface area contributed by atoms with Crippen LogP contribution in [0.15, 0.2) is 48.8 Å². The van der Waals surface area contributed by atoms with Crippen LogP contribution >= 0.6 is 13.5 Å². The predicted molar refractivity (Wildman–Crippen MR) is 133 cm³/mol. The largest absolute Gasteiger partial charge is 0.496 e. The molecule has 0 unspecified atom stereocenters. The number of nitrogens with zero attached hydrogens (tertiary/aromatic N) is 2. The van der Waals surface area contributed by atoms with Gasteiger partial charge in [0.25, 0.3) is 5.91 Å². The van der Waals surface area contributed by atoms with Crippen molar-refractivity contribution in [1.82, 2.24) is 15.3 Å². The Bertz CT molecular complexity index is 1180. The van der Waals surface area contributed by atoms with Crippen LogP contribution in [0.4, 0.5) is 11.5 Å². The molecule has 33 heavy (non-hydrogen) atoms. The average Bonchev–Trinajstić information content (AvgIpc) is 3.20. The molecule has 0 bridgehead atoms. The van der Waals surface area contributed by atoms with E-state index >= 15 is 0 Å². The maximum Gasteiger partial charge on any atom is 0.251 e. The molecule has 2 heterocycles. The lowest BCUT2D eigenvalue weighted by Gasteiger charge is -2.17. The molecule has 8 nitrogen and oxygen atoms in total. The molecule has 0 radical (unpaired) electrons. The molecule has 4 rings (SSSR count). The van der Waals surface area contributed by atoms with Crippen LogP contribution in [0.1, 0.15) is 34.3 Å². The topological polar surface area (TPSA) is 105 Å². The molecule has 0 fully saturated rings.